The van der Waals surface area contributed by atoms with Crippen LogP contribution < -0.4 is 5.73 Å². The SMILES string of the molecule is Cc1c(Cl)c(CSc2ccc(N)cn2)nc2ccccc12. The van der Waals surface area contributed by atoms with Crippen LogP contribution in [-0.4, -0.2) is 9.97 Å². The molecule has 0 spiro atoms. The second kappa shape index (κ2) is 5.92. The van der Waals surface area contributed by atoms with Crippen LogP contribution in [0.3, 0.4) is 0 Å². The first-order valence-electron chi connectivity index (χ1n) is 6.53. The fourth-order valence-corrected chi connectivity index (χ4v) is 3.21. The summed E-state index contributed by atoms with van der Waals surface area (Å²) < 4.78 is 0. The van der Waals surface area contributed by atoms with Gasteiger partial charge in [0.1, 0.15) is 0 Å². The van der Waals surface area contributed by atoms with Crippen molar-refractivity contribution in [3.8, 4) is 0 Å². The molecule has 0 radical (unpaired) electrons. The van der Waals surface area contributed by atoms with Crippen molar-refractivity contribution in [2.24, 2.45) is 0 Å². The molecule has 5 heteroatoms. The number of anilines is 1. The highest BCUT2D eigenvalue weighted by atomic mass is 35.5. The summed E-state index contributed by atoms with van der Waals surface area (Å²) in [6.45, 7) is 2.03. The monoisotopic (exact) mass is 315 g/mol. The number of thioether (sulfide) groups is 1. The van der Waals surface area contributed by atoms with Crippen LogP contribution in [0.25, 0.3) is 10.9 Å². The summed E-state index contributed by atoms with van der Waals surface area (Å²) in [6.07, 6.45) is 1.66. The summed E-state index contributed by atoms with van der Waals surface area (Å²) >= 11 is 8.05. The summed E-state index contributed by atoms with van der Waals surface area (Å²) in [5, 5.41) is 2.74. The number of halogens is 1. The van der Waals surface area contributed by atoms with Gasteiger partial charge in [0, 0.05) is 11.1 Å². The van der Waals surface area contributed by atoms with Crippen molar-refractivity contribution in [2.75, 3.05) is 5.73 Å². The molecule has 21 heavy (non-hydrogen) atoms. The molecule has 2 N–H and O–H groups in total. The third kappa shape index (κ3) is 2.96. The third-order valence-electron chi connectivity index (χ3n) is 3.26. The lowest BCUT2D eigenvalue weighted by Gasteiger charge is -2.09. The van der Waals surface area contributed by atoms with E-state index >= 15 is 0 Å². The van der Waals surface area contributed by atoms with Crippen molar-refractivity contribution in [3.63, 3.8) is 0 Å². The van der Waals surface area contributed by atoms with Gasteiger partial charge in [0.25, 0.3) is 0 Å². The summed E-state index contributed by atoms with van der Waals surface area (Å²) in [7, 11) is 0. The maximum absolute atomic E-state index is 6.45. The lowest BCUT2D eigenvalue weighted by Crippen LogP contribution is -1.94. The van der Waals surface area contributed by atoms with Gasteiger partial charge >= 0.3 is 0 Å². The second-order valence-corrected chi connectivity index (χ2v) is 6.11. The molecule has 3 nitrogen and oxygen atoms in total. The Bertz CT molecular complexity index is 787. The number of pyridine rings is 2. The number of nitrogens with zero attached hydrogens (tertiary/aromatic N) is 2. The van der Waals surface area contributed by atoms with Crippen molar-refractivity contribution in [1.82, 2.24) is 9.97 Å². The molecule has 0 saturated carbocycles. The third-order valence-corrected chi connectivity index (χ3v) is 4.72. The van der Waals surface area contributed by atoms with Gasteiger partial charge in [-0.05, 0) is 30.7 Å². The Morgan fingerprint density at radius 3 is 2.76 bits per heavy atom. The summed E-state index contributed by atoms with van der Waals surface area (Å²) in [4.78, 5) is 8.94. The van der Waals surface area contributed by atoms with E-state index in [0.717, 1.165) is 32.2 Å². The zero-order valence-corrected chi connectivity index (χ0v) is 13.1. The molecule has 106 valence electrons. The van der Waals surface area contributed by atoms with Crippen LogP contribution in [0.4, 0.5) is 5.69 Å². The maximum atomic E-state index is 6.45. The Kier molecular flexibility index (Phi) is 3.99. The molecule has 3 aromatic rings. The van der Waals surface area contributed by atoms with E-state index in [9.17, 15) is 0 Å². The molecule has 0 amide bonds. The number of fused-ring (bicyclic) bond motifs is 1. The first kappa shape index (κ1) is 14.2. The highest BCUT2D eigenvalue weighted by molar-refractivity contribution is 7.98. The van der Waals surface area contributed by atoms with Crippen molar-refractivity contribution >= 4 is 40.0 Å². The quantitative estimate of drug-likeness (QED) is 0.725. The molecule has 2 heterocycles. The fourth-order valence-electron chi connectivity index (χ4n) is 2.13. The summed E-state index contributed by atoms with van der Waals surface area (Å²) in [6, 6.07) is 11.8. The van der Waals surface area contributed by atoms with Crippen LogP contribution in [-0.2, 0) is 5.75 Å². The molecule has 0 aliphatic carbocycles. The van der Waals surface area contributed by atoms with Gasteiger partial charge in [-0.3, -0.25) is 4.98 Å². The van der Waals surface area contributed by atoms with Gasteiger partial charge in [-0.1, -0.05) is 41.6 Å². The molecule has 0 saturated heterocycles. The van der Waals surface area contributed by atoms with Crippen molar-refractivity contribution in [2.45, 2.75) is 17.7 Å². The molecule has 1 aromatic carbocycles. The standard InChI is InChI=1S/C16H14ClN3S/c1-10-12-4-2-3-5-13(12)20-14(16(10)17)9-21-15-7-6-11(18)8-19-15/h2-8H,9,18H2,1H3. The van der Waals surface area contributed by atoms with E-state index in [1.807, 2.05) is 43.3 Å². The van der Waals surface area contributed by atoms with Gasteiger partial charge < -0.3 is 5.73 Å². The van der Waals surface area contributed by atoms with Crippen LogP contribution in [0.1, 0.15) is 11.3 Å². The Balaban J connectivity index is 1.90. The summed E-state index contributed by atoms with van der Waals surface area (Å²) in [5.41, 5.74) is 9.23. The van der Waals surface area contributed by atoms with Crippen molar-refractivity contribution in [1.29, 1.82) is 0 Å². The molecule has 0 aliphatic heterocycles. The van der Waals surface area contributed by atoms with E-state index in [1.54, 1.807) is 18.0 Å². The maximum Gasteiger partial charge on any atom is 0.0965 e. The number of aromatic nitrogens is 2. The van der Waals surface area contributed by atoms with Crippen LogP contribution >= 0.6 is 23.4 Å². The largest absolute Gasteiger partial charge is 0.397 e. The Hall–Kier alpha value is -1.78. The minimum absolute atomic E-state index is 0.664. The molecule has 0 fully saturated rings. The first-order chi connectivity index (χ1) is 10.1. The highest BCUT2D eigenvalue weighted by Crippen LogP contribution is 2.30. The van der Waals surface area contributed by atoms with Crippen LogP contribution in [0.5, 0.6) is 0 Å². The topological polar surface area (TPSA) is 51.8 Å². The average Bonchev–Trinajstić information content (AvgIpc) is 2.51. The van der Waals surface area contributed by atoms with Crippen LogP contribution in [0.2, 0.25) is 5.02 Å². The van der Waals surface area contributed by atoms with Crippen LogP contribution in [0, 0.1) is 6.92 Å². The minimum atomic E-state index is 0.664. The van der Waals surface area contributed by atoms with Gasteiger partial charge in [0.15, 0.2) is 0 Å². The molecule has 0 bridgehead atoms. The number of rotatable bonds is 3. The van der Waals surface area contributed by atoms with Crippen LogP contribution in [0.15, 0.2) is 47.6 Å². The Morgan fingerprint density at radius 1 is 1.19 bits per heavy atom. The number of para-hydroxylation sites is 1. The number of hydrogen-bond acceptors (Lipinski definition) is 4. The normalized spacial score (nSPS) is 11.0. The van der Waals surface area contributed by atoms with E-state index in [1.165, 1.54) is 0 Å². The average molecular weight is 316 g/mol. The molecule has 0 aliphatic rings. The lowest BCUT2D eigenvalue weighted by atomic mass is 10.1. The molecule has 3 rings (SSSR count). The molecular weight excluding hydrogens is 302 g/mol. The van der Waals surface area contributed by atoms with E-state index < -0.39 is 0 Å². The zero-order chi connectivity index (χ0) is 14.8. The van der Waals surface area contributed by atoms with Gasteiger partial charge in [-0.2, -0.15) is 0 Å². The highest BCUT2D eigenvalue weighted by Gasteiger charge is 2.10. The molecular formula is C16H14ClN3S. The van der Waals surface area contributed by atoms with E-state index in [4.69, 9.17) is 17.3 Å². The van der Waals surface area contributed by atoms with Gasteiger partial charge in [-0.15, -0.1) is 0 Å². The van der Waals surface area contributed by atoms with Gasteiger partial charge in [0.05, 0.1) is 33.1 Å². The fraction of sp³-hybridized carbons (Fsp3) is 0.125. The Labute approximate surface area is 132 Å². The first-order valence-corrected chi connectivity index (χ1v) is 7.89. The number of benzene rings is 1. The molecule has 0 unspecified atom stereocenters. The minimum Gasteiger partial charge on any atom is -0.397 e. The van der Waals surface area contributed by atoms with Crippen molar-refractivity contribution < 1.29 is 0 Å². The zero-order valence-electron chi connectivity index (χ0n) is 11.5. The van der Waals surface area contributed by atoms with Gasteiger partial charge in [0.2, 0.25) is 0 Å². The van der Waals surface area contributed by atoms with Gasteiger partial charge in [-0.25, -0.2) is 4.98 Å². The number of aryl methyl sites for hydroxylation is 1. The van der Waals surface area contributed by atoms with E-state index in [-0.39, 0.29) is 0 Å². The smallest absolute Gasteiger partial charge is 0.0965 e. The lowest BCUT2D eigenvalue weighted by molar-refractivity contribution is 1.12. The molecule has 0 atom stereocenters. The number of nitrogen functional groups attached to an aromatic ring is 1. The predicted octanol–water partition coefficient (Wildman–Crippen LogP) is 4.47. The van der Waals surface area contributed by atoms with E-state index in [2.05, 4.69) is 9.97 Å². The Morgan fingerprint density at radius 2 is 2.00 bits per heavy atom. The summed E-state index contributed by atoms with van der Waals surface area (Å²) in [5.74, 6) is 0.682. The number of hydrogen-bond donors (Lipinski definition) is 1. The number of nitrogens with two attached hydrogens (primary N) is 1. The van der Waals surface area contributed by atoms with Crippen molar-refractivity contribution in [3.05, 3.63) is 58.9 Å². The second-order valence-electron chi connectivity index (χ2n) is 4.73. The predicted molar refractivity (Wildman–Crippen MR) is 89.7 cm³/mol. The molecule has 2 aromatic heterocycles. The van der Waals surface area contributed by atoms with E-state index in [0.29, 0.717) is 11.4 Å².